The number of rotatable bonds is 12. The average molecular weight is 949 g/mol. The van der Waals surface area contributed by atoms with E-state index < -0.39 is 35.5 Å². The number of hydrogen-bond donors (Lipinski definition) is 3. The first kappa shape index (κ1) is 45.4. The van der Waals surface area contributed by atoms with Gasteiger partial charge in [-0.1, -0.05) is 44.2 Å². The van der Waals surface area contributed by atoms with Crippen molar-refractivity contribution in [3.63, 3.8) is 0 Å². The van der Waals surface area contributed by atoms with Crippen LogP contribution in [0, 0.1) is 11.7 Å². The van der Waals surface area contributed by atoms with Gasteiger partial charge < -0.3 is 25.2 Å². The fourth-order valence-electron chi connectivity index (χ4n) is 10.8. The molecule has 3 aromatic heterocycles. The maximum atomic E-state index is 15.6. The second-order valence-corrected chi connectivity index (χ2v) is 19.5. The number of aromatic nitrogens is 5. The summed E-state index contributed by atoms with van der Waals surface area (Å²) in [5, 5.41) is 16.1. The van der Waals surface area contributed by atoms with Crippen LogP contribution in [0.1, 0.15) is 90.1 Å². The van der Waals surface area contributed by atoms with Crippen LogP contribution < -0.4 is 30.5 Å². The number of halogens is 1. The normalized spacial score (nSPS) is 20.5. The summed E-state index contributed by atoms with van der Waals surface area (Å²) < 4.78 is 23.7. The van der Waals surface area contributed by atoms with Crippen LogP contribution in [-0.4, -0.2) is 129 Å². The number of carbonyl (C=O) groups is 4. The Morgan fingerprint density at radius 1 is 0.857 bits per heavy atom. The molecule has 70 heavy (non-hydrogen) atoms. The Labute approximate surface area is 404 Å². The quantitative estimate of drug-likeness (QED) is 0.126. The summed E-state index contributed by atoms with van der Waals surface area (Å²) in [6.07, 6.45) is 7.95. The number of fused-ring (bicyclic) bond motifs is 3. The van der Waals surface area contributed by atoms with Crippen LogP contribution >= 0.6 is 0 Å². The molecule has 4 saturated heterocycles. The summed E-state index contributed by atoms with van der Waals surface area (Å²) >= 11 is 0. The number of nitrogens with zero attached hydrogens (tertiary/aromatic N) is 9. The highest BCUT2D eigenvalue weighted by Crippen LogP contribution is 2.36. The van der Waals surface area contributed by atoms with Gasteiger partial charge in [-0.3, -0.25) is 39.3 Å². The minimum Gasteiger partial charge on any atom is -0.459 e. The van der Waals surface area contributed by atoms with E-state index in [0.29, 0.717) is 37.5 Å². The molecule has 8 heterocycles. The summed E-state index contributed by atoms with van der Waals surface area (Å²) in [7, 11) is 0. The third kappa shape index (κ3) is 8.78. The minimum absolute atomic E-state index is 0.0110. The first-order chi connectivity index (χ1) is 34.1. The third-order valence-electron chi connectivity index (χ3n) is 14.7. The standard InChI is InChI=1S/C52H57FN12O5/c1-31(2)41-29-57-65-47(41)59-52(70-36-7-5-16-54-28-36)60-51(65)56-27-34-6-3-4-8-37(34)46-38-10-9-35(24-33(38)13-17-55-46)62-18-14-32(15-19-62)30-61-20-22-63(23-21-61)44-26-40-39(25-42(44)53)49(68)64(50(40)69)43-11-12-45(66)58-48(43)67/h3-4,6,8-10,13,17,24-26,29,31-32,36,43,54H,5,7,11-12,14-16,18-23,27-28,30H2,1-2H3,(H,56,59,60)(H,58,66,67)/t36-,43?/m1/s1. The monoisotopic (exact) mass is 948 g/mol. The van der Waals surface area contributed by atoms with E-state index in [2.05, 4.69) is 87.2 Å². The Morgan fingerprint density at radius 2 is 1.66 bits per heavy atom. The molecule has 6 aromatic rings. The molecule has 0 aliphatic carbocycles. The van der Waals surface area contributed by atoms with Crippen molar-refractivity contribution in [3.05, 3.63) is 101 Å². The van der Waals surface area contributed by atoms with E-state index in [1.807, 2.05) is 23.4 Å². The number of piperazine rings is 1. The van der Waals surface area contributed by atoms with Crippen molar-refractivity contribution in [1.82, 2.24) is 45.0 Å². The van der Waals surface area contributed by atoms with E-state index in [0.717, 1.165) is 121 Å². The van der Waals surface area contributed by atoms with Crippen molar-refractivity contribution >= 4 is 57.4 Å². The van der Waals surface area contributed by atoms with Crippen LogP contribution in [0.4, 0.5) is 21.7 Å². The van der Waals surface area contributed by atoms with Gasteiger partial charge in [0, 0.05) is 93.7 Å². The van der Waals surface area contributed by atoms with Gasteiger partial charge >= 0.3 is 6.01 Å². The van der Waals surface area contributed by atoms with E-state index in [1.54, 1.807) is 4.52 Å². The van der Waals surface area contributed by atoms with Gasteiger partial charge in [0.05, 0.1) is 28.7 Å². The SMILES string of the molecule is CC(C)c1cnn2c(NCc3ccccc3-c3nccc4cc(N5CCC(CN6CCN(c7cc8c(cc7F)C(=O)N(C7CCC(=O)NC7=O)C8=O)CC6)CC5)ccc34)nc(O[C@@H]3CCCNC3)nc12. The molecule has 5 aliphatic rings. The smallest absolute Gasteiger partial charge is 0.322 e. The van der Waals surface area contributed by atoms with E-state index >= 15 is 4.39 Å². The summed E-state index contributed by atoms with van der Waals surface area (Å²) in [6, 6.07) is 18.9. The van der Waals surface area contributed by atoms with Gasteiger partial charge in [-0.05, 0) is 91.8 Å². The Hall–Kier alpha value is -7.05. The van der Waals surface area contributed by atoms with Crippen molar-refractivity contribution in [3.8, 4) is 17.3 Å². The molecule has 11 rings (SSSR count). The zero-order valence-corrected chi connectivity index (χ0v) is 39.5. The molecular formula is C52H57FN12O5. The molecule has 0 radical (unpaired) electrons. The van der Waals surface area contributed by atoms with E-state index in [4.69, 9.17) is 19.7 Å². The Balaban J connectivity index is 0.715. The van der Waals surface area contributed by atoms with Crippen LogP contribution in [0.15, 0.2) is 73.1 Å². The van der Waals surface area contributed by atoms with E-state index in [-0.39, 0.29) is 41.7 Å². The van der Waals surface area contributed by atoms with Crippen LogP contribution in [-0.2, 0) is 16.1 Å². The number of carbonyl (C=O) groups excluding carboxylic acids is 4. The lowest BCUT2D eigenvalue weighted by molar-refractivity contribution is -0.136. The first-order valence-electron chi connectivity index (χ1n) is 24.7. The Kier molecular flexibility index (Phi) is 12.3. The van der Waals surface area contributed by atoms with Crippen molar-refractivity contribution in [2.45, 2.75) is 77.0 Å². The molecule has 0 spiro atoms. The van der Waals surface area contributed by atoms with Gasteiger partial charge in [-0.25, -0.2) is 4.39 Å². The fourth-order valence-corrected chi connectivity index (χ4v) is 10.8. The highest BCUT2D eigenvalue weighted by atomic mass is 19.1. The number of nitrogens with one attached hydrogen (secondary N) is 3. The third-order valence-corrected chi connectivity index (χ3v) is 14.7. The number of amides is 4. The van der Waals surface area contributed by atoms with Gasteiger partial charge in [0.25, 0.3) is 11.8 Å². The molecule has 0 bridgehead atoms. The maximum Gasteiger partial charge on any atom is 0.322 e. The van der Waals surface area contributed by atoms with E-state index in [9.17, 15) is 19.2 Å². The first-order valence-corrected chi connectivity index (χ1v) is 24.7. The number of benzene rings is 3. The highest BCUT2D eigenvalue weighted by Gasteiger charge is 2.45. The van der Waals surface area contributed by atoms with Crippen LogP contribution in [0.5, 0.6) is 6.01 Å². The van der Waals surface area contributed by atoms with Crippen LogP contribution in [0.2, 0.25) is 0 Å². The molecule has 1 unspecified atom stereocenters. The van der Waals surface area contributed by atoms with Crippen molar-refractivity contribution in [2.24, 2.45) is 5.92 Å². The molecule has 18 heteroatoms. The molecule has 17 nitrogen and oxygen atoms in total. The van der Waals surface area contributed by atoms with Crippen molar-refractivity contribution in [1.29, 1.82) is 0 Å². The largest absolute Gasteiger partial charge is 0.459 e. The second-order valence-electron chi connectivity index (χ2n) is 19.5. The molecule has 3 aromatic carbocycles. The number of hydrogen-bond acceptors (Lipinski definition) is 14. The second kappa shape index (κ2) is 19.0. The van der Waals surface area contributed by atoms with Crippen LogP contribution in [0.3, 0.4) is 0 Å². The lowest BCUT2D eigenvalue weighted by Gasteiger charge is -2.40. The molecule has 4 fully saturated rings. The summed E-state index contributed by atoms with van der Waals surface area (Å²) in [4.78, 5) is 73.1. The molecule has 2 atom stereocenters. The number of piperidine rings is 3. The summed E-state index contributed by atoms with van der Waals surface area (Å²) in [5.41, 5.74) is 6.30. The van der Waals surface area contributed by atoms with Gasteiger partial charge in [0.15, 0.2) is 5.65 Å². The summed E-state index contributed by atoms with van der Waals surface area (Å²) in [5.74, 6) is -1.74. The van der Waals surface area contributed by atoms with Gasteiger partial charge in [0.1, 0.15) is 18.0 Å². The zero-order valence-electron chi connectivity index (χ0n) is 39.5. The Bertz CT molecular complexity index is 3010. The number of ether oxygens (including phenoxy) is 1. The van der Waals surface area contributed by atoms with Gasteiger partial charge in [-0.2, -0.15) is 19.6 Å². The molecule has 5 aliphatic heterocycles. The van der Waals surface area contributed by atoms with Gasteiger partial charge in [0.2, 0.25) is 17.8 Å². The number of anilines is 3. The molecule has 0 saturated carbocycles. The lowest BCUT2D eigenvalue weighted by Crippen LogP contribution is -2.54. The van der Waals surface area contributed by atoms with Crippen molar-refractivity contribution in [2.75, 3.05) is 74.0 Å². The highest BCUT2D eigenvalue weighted by molar-refractivity contribution is 6.23. The zero-order chi connectivity index (χ0) is 48.0. The number of pyridine rings is 1. The van der Waals surface area contributed by atoms with Crippen LogP contribution in [0.25, 0.3) is 27.7 Å². The molecular weight excluding hydrogens is 892 g/mol. The Morgan fingerprint density at radius 3 is 2.43 bits per heavy atom. The van der Waals surface area contributed by atoms with Crippen molar-refractivity contribution < 1.29 is 28.3 Å². The molecule has 4 amide bonds. The number of imide groups is 2. The maximum absolute atomic E-state index is 15.6. The minimum atomic E-state index is -1.10. The topological polar surface area (TPSA) is 183 Å². The predicted octanol–water partition coefficient (Wildman–Crippen LogP) is 5.78. The fraction of sp³-hybridized carbons (Fsp3) is 0.423. The lowest BCUT2D eigenvalue weighted by atomic mass is 9.95. The predicted molar refractivity (Wildman–Crippen MR) is 263 cm³/mol. The molecule has 362 valence electrons. The summed E-state index contributed by atoms with van der Waals surface area (Å²) in [6.45, 7) is 12.0. The average Bonchev–Trinajstić information content (AvgIpc) is 3.91. The van der Waals surface area contributed by atoms with Gasteiger partial charge in [-0.15, -0.1) is 0 Å². The van der Waals surface area contributed by atoms with E-state index in [1.165, 1.54) is 11.8 Å². The molecule has 3 N–H and O–H groups in total.